The third kappa shape index (κ3) is 2.41. The zero-order valence-electron chi connectivity index (χ0n) is 9.76. The molecule has 0 saturated carbocycles. The average Bonchev–Trinajstić information content (AvgIpc) is 2.88. The zero-order valence-corrected chi connectivity index (χ0v) is 12.2. The minimum Gasteiger partial charge on any atom is -0.477 e. The normalized spacial score (nSPS) is 10.8. The molecule has 0 atom stereocenters. The molecule has 0 fully saturated rings. The second kappa shape index (κ2) is 4.79. The van der Waals surface area contributed by atoms with Gasteiger partial charge < -0.3 is 5.11 Å². The van der Waals surface area contributed by atoms with Gasteiger partial charge in [0.15, 0.2) is 0 Å². The third-order valence-corrected chi connectivity index (χ3v) is 4.52. The van der Waals surface area contributed by atoms with Gasteiger partial charge in [0, 0.05) is 9.35 Å². The molecule has 0 aliphatic carbocycles. The minimum atomic E-state index is -0.874. The Morgan fingerprint density at radius 2 is 1.74 bits per heavy atom. The molecule has 0 amide bonds. The van der Waals surface area contributed by atoms with Crippen LogP contribution in [0.3, 0.4) is 0 Å². The molecule has 19 heavy (non-hydrogen) atoms. The standard InChI is InChI=1S/C15H9BrO2S/c16-12-4-3-9-7-11(2-1-10(9)8-12)13-5-6-14(19-13)15(17)18/h1-8H,(H,17,18). The quantitative estimate of drug-likeness (QED) is 0.714. The Bertz CT molecular complexity index is 777. The van der Waals surface area contributed by atoms with Gasteiger partial charge in [-0.25, -0.2) is 4.79 Å². The molecule has 0 spiro atoms. The SMILES string of the molecule is O=C(O)c1ccc(-c2ccc3cc(Br)ccc3c2)s1. The highest BCUT2D eigenvalue weighted by Gasteiger charge is 2.08. The van der Waals surface area contributed by atoms with Gasteiger partial charge in [-0.2, -0.15) is 0 Å². The first-order valence-electron chi connectivity index (χ1n) is 5.66. The van der Waals surface area contributed by atoms with Crippen LogP contribution in [0.25, 0.3) is 21.2 Å². The number of fused-ring (bicyclic) bond motifs is 1. The van der Waals surface area contributed by atoms with E-state index < -0.39 is 5.97 Å². The molecule has 0 aliphatic rings. The Balaban J connectivity index is 2.09. The molecule has 0 unspecified atom stereocenters. The van der Waals surface area contributed by atoms with E-state index in [2.05, 4.69) is 40.2 Å². The second-order valence-electron chi connectivity index (χ2n) is 4.18. The molecule has 1 aromatic heterocycles. The van der Waals surface area contributed by atoms with E-state index in [-0.39, 0.29) is 0 Å². The van der Waals surface area contributed by atoms with E-state index in [1.807, 2.05) is 18.2 Å². The summed E-state index contributed by atoms with van der Waals surface area (Å²) in [6.45, 7) is 0. The number of hydrogen-bond donors (Lipinski definition) is 1. The topological polar surface area (TPSA) is 37.3 Å². The second-order valence-corrected chi connectivity index (χ2v) is 6.17. The van der Waals surface area contributed by atoms with E-state index in [0.717, 1.165) is 25.7 Å². The number of aromatic carboxylic acids is 1. The maximum atomic E-state index is 10.9. The van der Waals surface area contributed by atoms with Gasteiger partial charge in [0.1, 0.15) is 4.88 Å². The van der Waals surface area contributed by atoms with Crippen molar-refractivity contribution in [2.45, 2.75) is 0 Å². The molecule has 0 radical (unpaired) electrons. The summed E-state index contributed by atoms with van der Waals surface area (Å²) in [6.07, 6.45) is 0. The maximum absolute atomic E-state index is 10.9. The Morgan fingerprint density at radius 1 is 1.00 bits per heavy atom. The highest BCUT2D eigenvalue weighted by molar-refractivity contribution is 9.10. The first kappa shape index (κ1) is 12.4. The number of carboxylic acids is 1. The van der Waals surface area contributed by atoms with Crippen LogP contribution in [0.5, 0.6) is 0 Å². The van der Waals surface area contributed by atoms with Crippen LogP contribution in [0.2, 0.25) is 0 Å². The van der Waals surface area contributed by atoms with Crippen molar-refractivity contribution in [2.75, 3.05) is 0 Å². The molecule has 0 bridgehead atoms. The van der Waals surface area contributed by atoms with E-state index in [0.29, 0.717) is 4.88 Å². The largest absolute Gasteiger partial charge is 0.477 e. The molecule has 4 heteroatoms. The van der Waals surface area contributed by atoms with E-state index >= 15 is 0 Å². The third-order valence-electron chi connectivity index (χ3n) is 2.90. The Labute approximate surface area is 122 Å². The summed E-state index contributed by atoms with van der Waals surface area (Å²) in [4.78, 5) is 12.2. The predicted octanol–water partition coefficient (Wildman–Crippen LogP) is 5.03. The van der Waals surface area contributed by atoms with Crippen molar-refractivity contribution in [2.24, 2.45) is 0 Å². The zero-order chi connectivity index (χ0) is 13.4. The van der Waals surface area contributed by atoms with Gasteiger partial charge in [-0.15, -0.1) is 11.3 Å². The van der Waals surface area contributed by atoms with Crippen molar-refractivity contribution in [1.82, 2.24) is 0 Å². The Kier molecular flexibility index (Phi) is 3.12. The van der Waals surface area contributed by atoms with Gasteiger partial charge in [0.25, 0.3) is 0 Å². The molecule has 0 aliphatic heterocycles. The van der Waals surface area contributed by atoms with E-state index in [9.17, 15) is 4.79 Å². The van der Waals surface area contributed by atoms with Gasteiger partial charge >= 0.3 is 5.97 Å². The summed E-state index contributed by atoms with van der Waals surface area (Å²) in [5.74, 6) is -0.874. The Hall–Kier alpha value is -1.65. The van der Waals surface area contributed by atoms with Gasteiger partial charge in [-0.1, -0.05) is 34.1 Å². The number of halogens is 1. The number of rotatable bonds is 2. The van der Waals surface area contributed by atoms with Crippen LogP contribution < -0.4 is 0 Å². The summed E-state index contributed by atoms with van der Waals surface area (Å²) in [5.41, 5.74) is 1.05. The van der Waals surface area contributed by atoms with Crippen LogP contribution in [0.4, 0.5) is 0 Å². The lowest BCUT2D eigenvalue weighted by Crippen LogP contribution is -1.89. The van der Waals surface area contributed by atoms with Crippen molar-refractivity contribution < 1.29 is 9.90 Å². The fourth-order valence-corrected chi connectivity index (χ4v) is 3.20. The Morgan fingerprint density at radius 3 is 2.47 bits per heavy atom. The maximum Gasteiger partial charge on any atom is 0.345 e. The number of hydrogen-bond acceptors (Lipinski definition) is 2. The van der Waals surface area contributed by atoms with Crippen molar-refractivity contribution in [1.29, 1.82) is 0 Å². The monoisotopic (exact) mass is 332 g/mol. The number of benzene rings is 2. The first-order valence-corrected chi connectivity index (χ1v) is 7.27. The fraction of sp³-hybridized carbons (Fsp3) is 0. The van der Waals surface area contributed by atoms with Crippen LogP contribution in [-0.4, -0.2) is 11.1 Å². The van der Waals surface area contributed by atoms with Crippen LogP contribution >= 0.6 is 27.3 Å². The van der Waals surface area contributed by atoms with E-state index in [4.69, 9.17) is 5.11 Å². The molecule has 94 valence electrons. The summed E-state index contributed by atoms with van der Waals surface area (Å²) in [5, 5.41) is 11.3. The molecule has 3 rings (SSSR count). The van der Waals surface area contributed by atoms with Gasteiger partial charge in [0.2, 0.25) is 0 Å². The van der Waals surface area contributed by atoms with Gasteiger partial charge in [-0.05, 0) is 46.7 Å². The molecule has 3 aromatic rings. The van der Waals surface area contributed by atoms with Gasteiger partial charge in [0.05, 0.1) is 0 Å². The molecule has 2 nitrogen and oxygen atoms in total. The van der Waals surface area contributed by atoms with Crippen molar-refractivity contribution in [3.8, 4) is 10.4 Å². The summed E-state index contributed by atoms with van der Waals surface area (Å²) < 4.78 is 1.05. The highest BCUT2D eigenvalue weighted by atomic mass is 79.9. The lowest BCUT2D eigenvalue weighted by Gasteiger charge is -2.02. The molecule has 0 saturated heterocycles. The van der Waals surface area contributed by atoms with E-state index in [1.165, 1.54) is 11.3 Å². The van der Waals surface area contributed by atoms with Crippen molar-refractivity contribution in [3.63, 3.8) is 0 Å². The van der Waals surface area contributed by atoms with E-state index in [1.54, 1.807) is 6.07 Å². The molecular weight excluding hydrogens is 324 g/mol. The number of carbonyl (C=O) groups is 1. The molecule has 2 aromatic carbocycles. The minimum absolute atomic E-state index is 0.367. The van der Waals surface area contributed by atoms with Crippen LogP contribution in [0.15, 0.2) is 53.0 Å². The van der Waals surface area contributed by atoms with Crippen LogP contribution in [0, 0.1) is 0 Å². The number of thiophene rings is 1. The summed E-state index contributed by atoms with van der Waals surface area (Å²) >= 11 is 4.75. The first-order chi connectivity index (χ1) is 9.13. The lowest BCUT2D eigenvalue weighted by molar-refractivity contribution is 0.0702. The van der Waals surface area contributed by atoms with Crippen LogP contribution in [0.1, 0.15) is 9.67 Å². The summed E-state index contributed by atoms with van der Waals surface area (Å²) in [6, 6.07) is 15.8. The van der Waals surface area contributed by atoms with Crippen molar-refractivity contribution >= 4 is 44.0 Å². The fourth-order valence-electron chi connectivity index (χ4n) is 1.98. The molecule has 1 heterocycles. The van der Waals surface area contributed by atoms with Crippen LogP contribution in [-0.2, 0) is 0 Å². The molecular formula is C15H9BrO2S. The highest BCUT2D eigenvalue weighted by Crippen LogP contribution is 2.31. The average molecular weight is 333 g/mol. The number of carboxylic acid groups (broad SMARTS) is 1. The predicted molar refractivity (Wildman–Crippen MR) is 81.9 cm³/mol. The molecule has 1 N–H and O–H groups in total. The van der Waals surface area contributed by atoms with Gasteiger partial charge in [-0.3, -0.25) is 0 Å². The lowest BCUT2D eigenvalue weighted by atomic mass is 10.1. The smallest absolute Gasteiger partial charge is 0.345 e. The van der Waals surface area contributed by atoms with Crippen molar-refractivity contribution in [3.05, 3.63) is 57.9 Å². The summed E-state index contributed by atoms with van der Waals surface area (Å²) in [7, 11) is 0.